The van der Waals surface area contributed by atoms with E-state index in [1.54, 1.807) is 37.5 Å². The van der Waals surface area contributed by atoms with E-state index < -0.39 is 23.0 Å². The van der Waals surface area contributed by atoms with Crippen molar-refractivity contribution >= 4 is 51.1 Å². The van der Waals surface area contributed by atoms with Crippen molar-refractivity contribution in [1.29, 1.82) is 5.41 Å². The lowest BCUT2D eigenvalue weighted by atomic mass is 10.0. The second-order valence-electron chi connectivity index (χ2n) is 7.78. The highest BCUT2D eigenvalue weighted by molar-refractivity contribution is 14.1. The monoisotopic (exact) mass is 498 g/mol. The zero-order valence-electron chi connectivity index (χ0n) is 16.2. The minimum absolute atomic E-state index is 0.138. The smallest absolute Gasteiger partial charge is 0.352 e. The van der Waals surface area contributed by atoms with Crippen molar-refractivity contribution in [3.63, 3.8) is 0 Å². The van der Waals surface area contributed by atoms with Gasteiger partial charge in [0.2, 0.25) is 5.43 Å². The number of hydrogen-bond donors (Lipinski definition) is 2. The van der Waals surface area contributed by atoms with Gasteiger partial charge in [-0.05, 0) is 67.5 Å². The number of ether oxygens (including phenoxy) is 1. The van der Waals surface area contributed by atoms with Gasteiger partial charge in [0.25, 0.3) is 0 Å². The molecule has 0 radical (unpaired) electrons. The normalized spacial score (nSPS) is 12.6. The lowest BCUT2D eigenvalue weighted by molar-refractivity contribution is -0.146. The summed E-state index contributed by atoms with van der Waals surface area (Å²) in [6, 6.07) is 5.28. The van der Waals surface area contributed by atoms with Crippen molar-refractivity contribution < 1.29 is 19.4 Å². The molecule has 0 aliphatic rings. The van der Waals surface area contributed by atoms with Gasteiger partial charge in [0, 0.05) is 28.1 Å². The fraction of sp³-hybridized carbons (Fsp3) is 0.400. The van der Waals surface area contributed by atoms with Gasteiger partial charge in [0.1, 0.15) is 16.9 Å². The molecule has 0 aliphatic heterocycles. The lowest BCUT2D eigenvalue weighted by Gasteiger charge is -2.21. The molecule has 0 bridgehead atoms. The molecule has 2 N–H and O–H groups in total. The van der Waals surface area contributed by atoms with E-state index in [-0.39, 0.29) is 23.6 Å². The summed E-state index contributed by atoms with van der Waals surface area (Å²) in [5.74, 6) is -2.09. The summed E-state index contributed by atoms with van der Waals surface area (Å²) in [5, 5.41) is 17.7. The third kappa shape index (κ3) is 5.40. The maximum atomic E-state index is 12.5. The van der Waals surface area contributed by atoms with Crippen molar-refractivity contribution in [2.24, 2.45) is 5.92 Å². The molecule has 150 valence electrons. The molecule has 1 aromatic heterocycles. The van der Waals surface area contributed by atoms with Gasteiger partial charge in [0.05, 0.1) is 5.52 Å². The predicted molar refractivity (Wildman–Crippen MR) is 115 cm³/mol. The molecule has 2 rings (SSSR count). The number of fused-ring (bicyclic) bond motifs is 1. The topological polar surface area (TPSA) is 109 Å². The van der Waals surface area contributed by atoms with Crippen LogP contribution in [0.25, 0.3) is 10.9 Å². The van der Waals surface area contributed by atoms with Crippen LogP contribution in [-0.4, -0.2) is 32.9 Å². The molecule has 7 nitrogen and oxygen atoms in total. The van der Waals surface area contributed by atoms with Crippen LogP contribution < -0.4 is 5.43 Å². The number of esters is 1. The first-order valence-electron chi connectivity index (χ1n) is 8.76. The molecule has 0 saturated heterocycles. The fourth-order valence-electron chi connectivity index (χ4n) is 2.84. The predicted octanol–water partition coefficient (Wildman–Crippen LogP) is 3.69. The van der Waals surface area contributed by atoms with E-state index in [0.717, 1.165) is 3.57 Å². The molecule has 28 heavy (non-hydrogen) atoms. The number of carbonyl (C=O) groups is 2. The molecule has 0 amide bonds. The molecule has 1 aromatic carbocycles. The lowest BCUT2D eigenvalue weighted by Crippen LogP contribution is -2.30. The van der Waals surface area contributed by atoms with Gasteiger partial charge in [-0.15, -0.1) is 0 Å². The van der Waals surface area contributed by atoms with Crippen molar-refractivity contribution in [2.75, 3.05) is 0 Å². The van der Waals surface area contributed by atoms with Crippen LogP contribution in [0.5, 0.6) is 0 Å². The molecule has 0 aliphatic carbocycles. The fourth-order valence-corrected chi connectivity index (χ4v) is 3.34. The second-order valence-corrected chi connectivity index (χ2v) is 9.03. The van der Waals surface area contributed by atoms with Crippen molar-refractivity contribution in [3.05, 3.63) is 43.8 Å². The molecule has 2 aromatic rings. The Hall–Kier alpha value is -2.23. The SMILES string of the molecule is C[C@@H](CC(=N)C(=O)OC(C)(C)C)Cn1cc(C(=O)O)c(=O)c2cc(I)ccc21. The number of halogens is 1. The zero-order valence-corrected chi connectivity index (χ0v) is 18.4. The van der Waals surface area contributed by atoms with Crippen LogP contribution in [-0.2, 0) is 16.1 Å². The number of rotatable bonds is 6. The number of benzene rings is 1. The zero-order chi connectivity index (χ0) is 21.2. The molecule has 1 heterocycles. The maximum absolute atomic E-state index is 12.5. The summed E-state index contributed by atoms with van der Waals surface area (Å²) in [5.41, 5.74) is -1.02. The summed E-state index contributed by atoms with van der Waals surface area (Å²) in [6.45, 7) is 7.42. The quantitative estimate of drug-likeness (QED) is 0.359. The Labute approximate surface area is 176 Å². The summed E-state index contributed by atoms with van der Waals surface area (Å²) in [7, 11) is 0. The van der Waals surface area contributed by atoms with E-state index in [9.17, 15) is 19.5 Å². The molecule has 0 unspecified atom stereocenters. The molecular weight excluding hydrogens is 475 g/mol. The number of carbonyl (C=O) groups excluding carboxylic acids is 1. The summed E-state index contributed by atoms with van der Waals surface area (Å²) < 4.78 is 7.74. The van der Waals surface area contributed by atoms with Gasteiger partial charge in [-0.3, -0.25) is 10.2 Å². The Balaban J connectivity index is 2.31. The minimum atomic E-state index is -1.28. The highest BCUT2D eigenvalue weighted by Gasteiger charge is 2.22. The number of aromatic carboxylic acids is 1. The van der Waals surface area contributed by atoms with Gasteiger partial charge < -0.3 is 14.4 Å². The number of pyridine rings is 1. The van der Waals surface area contributed by atoms with Crippen LogP contribution in [0, 0.1) is 14.9 Å². The van der Waals surface area contributed by atoms with Crippen LogP contribution in [0.1, 0.15) is 44.5 Å². The van der Waals surface area contributed by atoms with Crippen molar-refractivity contribution in [1.82, 2.24) is 4.57 Å². The van der Waals surface area contributed by atoms with Crippen LogP contribution in [0.15, 0.2) is 29.2 Å². The average Bonchev–Trinajstić information content (AvgIpc) is 2.55. The highest BCUT2D eigenvalue weighted by Crippen LogP contribution is 2.19. The largest absolute Gasteiger partial charge is 0.477 e. The summed E-state index contributed by atoms with van der Waals surface area (Å²) >= 11 is 2.07. The highest BCUT2D eigenvalue weighted by atomic mass is 127. The first-order valence-corrected chi connectivity index (χ1v) is 9.83. The van der Waals surface area contributed by atoms with E-state index in [0.29, 0.717) is 17.4 Å². The molecular formula is C20H23IN2O5. The van der Waals surface area contributed by atoms with Crippen LogP contribution in [0.2, 0.25) is 0 Å². The number of carboxylic acid groups (broad SMARTS) is 1. The number of nitrogens with one attached hydrogen (secondary N) is 1. The Bertz CT molecular complexity index is 1000. The van der Waals surface area contributed by atoms with Crippen LogP contribution >= 0.6 is 22.6 Å². The Morgan fingerprint density at radius 2 is 1.96 bits per heavy atom. The summed E-state index contributed by atoms with van der Waals surface area (Å²) in [6.07, 6.45) is 1.50. The minimum Gasteiger partial charge on any atom is -0.477 e. The van der Waals surface area contributed by atoms with E-state index in [2.05, 4.69) is 22.6 Å². The number of hydrogen-bond acceptors (Lipinski definition) is 5. The van der Waals surface area contributed by atoms with Crippen molar-refractivity contribution in [3.8, 4) is 0 Å². The van der Waals surface area contributed by atoms with Gasteiger partial charge in [-0.2, -0.15) is 0 Å². The number of carboxylic acids is 1. The van der Waals surface area contributed by atoms with Crippen LogP contribution in [0.3, 0.4) is 0 Å². The van der Waals surface area contributed by atoms with Gasteiger partial charge >= 0.3 is 11.9 Å². The van der Waals surface area contributed by atoms with E-state index in [4.69, 9.17) is 10.1 Å². The Morgan fingerprint density at radius 1 is 1.32 bits per heavy atom. The summed E-state index contributed by atoms with van der Waals surface area (Å²) in [4.78, 5) is 36.0. The Morgan fingerprint density at radius 3 is 2.54 bits per heavy atom. The van der Waals surface area contributed by atoms with E-state index in [1.807, 2.05) is 13.0 Å². The molecule has 0 saturated carbocycles. The molecule has 0 fully saturated rings. The van der Waals surface area contributed by atoms with Gasteiger partial charge in [-0.25, -0.2) is 9.59 Å². The molecule has 1 atom stereocenters. The average molecular weight is 498 g/mol. The first-order chi connectivity index (χ1) is 12.9. The van der Waals surface area contributed by atoms with E-state index in [1.165, 1.54) is 6.20 Å². The maximum Gasteiger partial charge on any atom is 0.352 e. The molecule has 8 heteroatoms. The van der Waals surface area contributed by atoms with Gasteiger partial charge in [0.15, 0.2) is 0 Å². The third-order valence-corrected chi connectivity index (χ3v) is 4.65. The Kier molecular flexibility index (Phi) is 6.63. The molecule has 0 spiro atoms. The van der Waals surface area contributed by atoms with E-state index >= 15 is 0 Å². The standard InChI is InChI=1S/C20H23IN2O5/c1-11(7-15(22)19(27)28-20(2,3)4)9-23-10-14(18(25)26)17(24)13-8-12(21)5-6-16(13)23/h5-6,8,10-11,22H,7,9H2,1-4H3,(H,25,26)/t11-/m0/s1. The van der Waals surface area contributed by atoms with Crippen LogP contribution in [0.4, 0.5) is 0 Å². The van der Waals surface area contributed by atoms with Gasteiger partial charge in [-0.1, -0.05) is 6.92 Å². The number of nitrogens with zero attached hydrogens (tertiary/aromatic N) is 1. The third-order valence-electron chi connectivity index (χ3n) is 3.98. The second kappa shape index (κ2) is 8.42. The number of aromatic nitrogens is 1. The first kappa shape index (κ1) is 22.1. The van der Waals surface area contributed by atoms with Crippen molar-refractivity contribution in [2.45, 2.75) is 46.3 Å².